The number of hydrogen-bond donors (Lipinski definition) is 1. The van der Waals surface area contributed by atoms with E-state index in [1.54, 1.807) is 48.5 Å². The number of nitrogens with one attached hydrogen (secondary N) is 1. The van der Waals surface area contributed by atoms with Crippen LogP contribution in [-0.4, -0.2) is 10.9 Å². The Kier molecular flexibility index (Phi) is 4.22. The van der Waals surface area contributed by atoms with Gasteiger partial charge in [-0.3, -0.25) is 4.79 Å². The minimum Gasteiger partial charge on any atom is -0.403 e. The van der Waals surface area contributed by atoms with Crippen molar-refractivity contribution < 1.29 is 13.6 Å². The highest BCUT2D eigenvalue weighted by atomic mass is 19.1. The molecule has 132 valence electrons. The topological polar surface area (TPSA) is 72.2 Å². The Hall–Kier alpha value is -3.80. The van der Waals surface area contributed by atoms with Crippen LogP contribution in [0.3, 0.4) is 0 Å². The monoisotopic (exact) mass is 360 g/mol. The van der Waals surface area contributed by atoms with Crippen molar-refractivity contribution in [2.24, 2.45) is 0 Å². The van der Waals surface area contributed by atoms with Crippen molar-refractivity contribution in [3.05, 3.63) is 94.6 Å². The lowest BCUT2D eigenvalue weighted by Crippen LogP contribution is -2.12. The number of halogens is 1. The molecular formula is C21H13FN2O3. The van der Waals surface area contributed by atoms with Gasteiger partial charge in [0.15, 0.2) is 0 Å². The third-order valence-corrected chi connectivity index (χ3v) is 3.99. The number of amides is 1. The van der Waals surface area contributed by atoms with Crippen LogP contribution >= 0.6 is 0 Å². The van der Waals surface area contributed by atoms with Crippen LogP contribution in [0.4, 0.5) is 10.1 Å². The van der Waals surface area contributed by atoms with E-state index in [-0.39, 0.29) is 11.5 Å². The summed E-state index contributed by atoms with van der Waals surface area (Å²) in [5.74, 6) is -0.779. The lowest BCUT2D eigenvalue weighted by atomic mass is 10.1. The van der Waals surface area contributed by atoms with Crippen molar-refractivity contribution in [3.8, 4) is 11.5 Å². The van der Waals surface area contributed by atoms with Crippen molar-refractivity contribution in [2.45, 2.75) is 0 Å². The van der Waals surface area contributed by atoms with E-state index >= 15 is 0 Å². The molecule has 4 rings (SSSR count). The third kappa shape index (κ3) is 3.46. The molecular weight excluding hydrogens is 347 g/mol. The predicted octanol–water partition coefficient (Wildman–Crippen LogP) is 4.25. The minimum absolute atomic E-state index is 0.153. The van der Waals surface area contributed by atoms with Gasteiger partial charge in [0.1, 0.15) is 5.82 Å². The summed E-state index contributed by atoms with van der Waals surface area (Å²) in [5.41, 5.74) is 1.26. The molecule has 1 aromatic heterocycles. The van der Waals surface area contributed by atoms with Crippen LogP contribution in [0.25, 0.3) is 22.4 Å². The predicted molar refractivity (Wildman–Crippen MR) is 100 cm³/mol. The molecule has 3 aromatic carbocycles. The Bertz CT molecular complexity index is 1220. The number of anilines is 1. The number of carbonyl (C=O) groups is 1. The molecule has 0 saturated carbocycles. The van der Waals surface area contributed by atoms with Gasteiger partial charge in [0.25, 0.3) is 5.91 Å². The van der Waals surface area contributed by atoms with Crippen LogP contribution in [0.5, 0.6) is 0 Å². The summed E-state index contributed by atoms with van der Waals surface area (Å²) in [5, 5.41) is 3.09. The van der Waals surface area contributed by atoms with E-state index in [9.17, 15) is 14.0 Å². The van der Waals surface area contributed by atoms with Gasteiger partial charge in [0.05, 0.1) is 10.9 Å². The van der Waals surface area contributed by atoms with Crippen LogP contribution in [0.1, 0.15) is 10.4 Å². The standard InChI is InChI=1S/C21H13FN2O3/c22-15-7-3-5-13(11-15)19(25)23-16-8-4-6-14(12-16)20-24-18-10-2-1-9-17(18)21(26)27-20/h1-12H,(H,23,25). The first-order chi connectivity index (χ1) is 13.1. The summed E-state index contributed by atoms with van der Waals surface area (Å²) >= 11 is 0. The maximum atomic E-state index is 13.3. The zero-order chi connectivity index (χ0) is 18.8. The van der Waals surface area contributed by atoms with Crippen molar-refractivity contribution >= 4 is 22.5 Å². The molecule has 1 N–H and O–H groups in total. The van der Waals surface area contributed by atoms with Gasteiger partial charge in [-0.25, -0.2) is 14.2 Å². The number of nitrogens with zero attached hydrogens (tertiary/aromatic N) is 1. The molecule has 0 atom stereocenters. The van der Waals surface area contributed by atoms with Crippen molar-refractivity contribution in [1.82, 2.24) is 4.98 Å². The molecule has 1 amide bonds. The first-order valence-electron chi connectivity index (χ1n) is 8.17. The smallest absolute Gasteiger partial charge is 0.347 e. The summed E-state index contributed by atoms with van der Waals surface area (Å²) < 4.78 is 18.6. The fraction of sp³-hybridized carbons (Fsp3) is 0. The van der Waals surface area contributed by atoms with E-state index in [2.05, 4.69) is 10.3 Å². The first kappa shape index (κ1) is 16.7. The third-order valence-electron chi connectivity index (χ3n) is 3.99. The van der Waals surface area contributed by atoms with Gasteiger partial charge in [-0.1, -0.05) is 24.3 Å². The van der Waals surface area contributed by atoms with Gasteiger partial charge >= 0.3 is 5.63 Å². The van der Waals surface area contributed by atoms with E-state index in [0.717, 1.165) is 6.07 Å². The number of benzene rings is 3. The highest BCUT2D eigenvalue weighted by Gasteiger charge is 2.11. The Morgan fingerprint density at radius 3 is 2.63 bits per heavy atom. The van der Waals surface area contributed by atoms with Crippen LogP contribution in [0.15, 0.2) is 82.0 Å². The number of para-hydroxylation sites is 1. The van der Waals surface area contributed by atoms with Crippen molar-refractivity contribution in [3.63, 3.8) is 0 Å². The number of fused-ring (bicyclic) bond motifs is 1. The fourth-order valence-corrected chi connectivity index (χ4v) is 2.71. The second-order valence-corrected chi connectivity index (χ2v) is 5.87. The molecule has 5 nitrogen and oxygen atoms in total. The molecule has 1 heterocycles. The minimum atomic E-state index is -0.487. The molecule has 0 fully saturated rings. The molecule has 0 aliphatic carbocycles. The van der Waals surface area contributed by atoms with Crippen LogP contribution in [0, 0.1) is 5.82 Å². The van der Waals surface area contributed by atoms with Crippen molar-refractivity contribution in [2.75, 3.05) is 5.32 Å². The summed E-state index contributed by atoms with van der Waals surface area (Å²) in [6.45, 7) is 0. The summed E-state index contributed by atoms with van der Waals surface area (Å²) in [6, 6.07) is 19.0. The highest BCUT2D eigenvalue weighted by molar-refractivity contribution is 6.04. The maximum Gasteiger partial charge on any atom is 0.347 e. The second kappa shape index (κ2) is 6.84. The summed E-state index contributed by atoms with van der Waals surface area (Å²) in [7, 11) is 0. The van der Waals surface area contributed by atoms with Gasteiger partial charge in [0.2, 0.25) is 5.89 Å². The Labute approximate surface area is 153 Å². The first-order valence-corrected chi connectivity index (χ1v) is 8.17. The van der Waals surface area contributed by atoms with Crippen LogP contribution in [-0.2, 0) is 0 Å². The highest BCUT2D eigenvalue weighted by Crippen LogP contribution is 2.22. The van der Waals surface area contributed by atoms with E-state index in [0.29, 0.717) is 22.2 Å². The molecule has 0 aliphatic heterocycles. The van der Waals surface area contributed by atoms with Gasteiger partial charge in [0, 0.05) is 16.8 Å². The largest absolute Gasteiger partial charge is 0.403 e. The molecule has 0 radical (unpaired) electrons. The quantitative estimate of drug-likeness (QED) is 0.593. The lowest BCUT2D eigenvalue weighted by Gasteiger charge is -2.07. The van der Waals surface area contributed by atoms with Gasteiger partial charge in [-0.15, -0.1) is 0 Å². The summed E-state index contributed by atoms with van der Waals surface area (Å²) in [6.07, 6.45) is 0. The molecule has 4 aromatic rings. The van der Waals surface area contributed by atoms with Gasteiger partial charge < -0.3 is 9.73 Å². The number of rotatable bonds is 3. The van der Waals surface area contributed by atoms with Crippen molar-refractivity contribution in [1.29, 1.82) is 0 Å². The fourth-order valence-electron chi connectivity index (χ4n) is 2.71. The van der Waals surface area contributed by atoms with Crippen LogP contribution < -0.4 is 10.9 Å². The van der Waals surface area contributed by atoms with E-state index in [4.69, 9.17) is 4.42 Å². The Morgan fingerprint density at radius 2 is 1.78 bits per heavy atom. The Balaban J connectivity index is 1.67. The molecule has 6 heteroatoms. The second-order valence-electron chi connectivity index (χ2n) is 5.87. The molecule has 27 heavy (non-hydrogen) atoms. The van der Waals surface area contributed by atoms with Crippen LogP contribution in [0.2, 0.25) is 0 Å². The SMILES string of the molecule is O=C(Nc1cccc(-c2nc3ccccc3c(=O)o2)c1)c1cccc(F)c1. The zero-order valence-electron chi connectivity index (χ0n) is 14.0. The zero-order valence-corrected chi connectivity index (χ0v) is 14.0. The number of aromatic nitrogens is 1. The lowest BCUT2D eigenvalue weighted by molar-refractivity contribution is 0.102. The van der Waals surface area contributed by atoms with Gasteiger partial charge in [-0.05, 0) is 48.5 Å². The van der Waals surface area contributed by atoms with E-state index < -0.39 is 17.3 Å². The summed E-state index contributed by atoms with van der Waals surface area (Å²) in [4.78, 5) is 28.8. The average molecular weight is 360 g/mol. The van der Waals surface area contributed by atoms with E-state index in [1.807, 2.05) is 0 Å². The number of hydrogen-bond acceptors (Lipinski definition) is 4. The molecule has 0 saturated heterocycles. The molecule has 0 spiro atoms. The van der Waals surface area contributed by atoms with Gasteiger partial charge in [-0.2, -0.15) is 0 Å². The molecule has 0 aliphatic rings. The van der Waals surface area contributed by atoms with E-state index in [1.165, 1.54) is 18.2 Å². The maximum absolute atomic E-state index is 13.3. The number of carbonyl (C=O) groups excluding carboxylic acids is 1. The Morgan fingerprint density at radius 1 is 0.963 bits per heavy atom. The average Bonchev–Trinajstić information content (AvgIpc) is 2.68. The molecule has 0 bridgehead atoms. The normalized spacial score (nSPS) is 10.7. The molecule has 0 unspecified atom stereocenters.